The number of rotatable bonds is 4. The molecule has 2 rings (SSSR count). The van der Waals surface area contributed by atoms with Crippen molar-refractivity contribution in [3.63, 3.8) is 0 Å². The Morgan fingerprint density at radius 2 is 1.83 bits per heavy atom. The highest BCUT2D eigenvalue weighted by molar-refractivity contribution is 5.48. The van der Waals surface area contributed by atoms with Gasteiger partial charge in [0.2, 0.25) is 0 Å². The molecule has 1 aromatic rings. The fraction of sp³-hybridized carbons (Fsp3) is 0.571. The zero-order valence-electron chi connectivity index (χ0n) is 10.8. The lowest BCUT2D eigenvalue weighted by Crippen LogP contribution is -2.28. The van der Waals surface area contributed by atoms with Crippen LogP contribution in [-0.4, -0.2) is 11.5 Å². The predicted molar refractivity (Wildman–Crippen MR) is 72.8 cm³/mol. The van der Waals surface area contributed by atoms with Gasteiger partial charge in [-0.3, -0.25) is 10.1 Å². The van der Waals surface area contributed by atoms with Crippen molar-refractivity contribution in [1.29, 1.82) is 0 Å². The Labute approximate surface area is 108 Å². The smallest absolute Gasteiger partial charge is 0.269 e. The van der Waals surface area contributed by atoms with Crippen LogP contribution in [-0.2, 0) is 0 Å². The van der Waals surface area contributed by atoms with Crippen LogP contribution >= 0.6 is 0 Å². The second-order valence-corrected chi connectivity index (χ2v) is 5.53. The Balaban J connectivity index is 1.91. The van der Waals surface area contributed by atoms with Gasteiger partial charge in [-0.25, -0.2) is 0 Å². The van der Waals surface area contributed by atoms with Gasteiger partial charge in [0.1, 0.15) is 0 Å². The second-order valence-electron chi connectivity index (χ2n) is 5.53. The van der Waals surface area contributed by atoms with Crippen LogP contribution in [0.5, 0.6) is 0 Å². The maximum atomic E-state index is 10.6. The van der Waals surface area contributed by atoms with Gasteiger partial charge in [0.05, 0.1) is 4.92 Å². The first-order valence-electron chi connectivity index (χ1n) is 6.57. The molecule has 0 aliphatic heterocycles. The van der Waals surface area contributed by atoms with Crippen LogP contribution in [0.1, 0.15) is 39.0 Å². The summed E-state index contributed by atoms with van der Waals surface area (Å²) in [5, 5.41) is 14.0. The molecular weight excluding hydrogens is 228 g/mol. The normalized spacial score (nSPS) is 18.3. The molecule has 1 fully saturated rings. The summed E-state index contributed by atoms with van der Waals surface area (Å²) in [5.41, 5.74) is 1.48. The third kappa shape index (κ3) is 3.22. The summed E-state index contributed by atoms with van der Waals surface area (Å²) in [6.07, 6.45) is 6.53. The molecule has 4 heteroatoms. The number of hydrogen-bond acceptors (Lipinski definition) is 3. The van der Waals surface area contributed by atoms with E-state index in [9.17, 15) is 10.1 Å². The van der Waals surface area contributed by atoms with Gasteiger partial charge in [0.15, 0.2) is 0 Å². The molecule has 0 heterocycles. The molecule has 98 valence electrons. The van der Waals surface area contributed by atoms with Gasteiger partial charge >= 0.3 is 0 Å². The van der Waals surface area contributed by atoms with Crippen LogP contribution in [0.4, 0.5) is 11.4 Å². The minimum absolute atomic E-state index is 0.143. The van der Waals surface area contributed by atoms with Crippen molar-refractivity contribution < 1.29 is 4.92 Å². The number of nitro benzene ring substituents is 1. The van der Waals surface area contributed by atoms with Crippen LogP contribution in [0.2, 0.25) is 0 Å². The monoisotopic (exact) mass is 248 g/mol. The number of nitrogens with one attached hydrogen (secondary N) is 1. The van der Waals surface area contributed by atoms with Gasteiger partial charge in [-0.15, -0.1) is 0 Å². The molecule has 1 aliphatic carbocycles. The summed E-state index contributed by atoms with van der Waals surface area (Å²) in [6.45, 7) is 3.27. The minimum Gasteiger partial charge on any atom is -0.384 e. The molecule has 4 nitrogen and oxygen atoms in total. The SMILES string of the molecule is CC1(CNc2ccc([N+](=O)[O-])cc2)CCCCC1. The fourth-order valence-electron chi connectivity index (χ4n) is 2.60. The molecule has 1 saturated carbocycles. The number of non-ortho nitro benzene ring substituents is 1. The van der Waals surface area contributed by atoms with E-state index in [0.717, 1.165) is 12.2 Å². The van der Waals surface area contributed by atoms with Crippen molar-refractivity contribution in [2.75, 3.05) is 11.9 Å². The highest BCUT2D eigenvalue weighted by Gasteiger charge is 2.26. The minimum atomic E-state index is -0.369. The van der Waals surface area contributed by atoms with Crippen LogP contribution < -0.4 is 5.32 Å². The molecule has 0 spiro atoms. The Kier molecular flexibility index (Phi) is 3.84. The molecule has 1 aliphatic rings. The standard InChI is InChI=1S/C14H20N2O2/c1-14(9-3-2-4-10-14)11-15-12-5-7-13(8-6-12)16(17)18/h5-8,15H,2-4,9-11H2,1H3. The largest absolute Gasteiger partial charge is 0.384 e. The number of nitro groups is 1. The van der Waals surface area contributed by atoms with Gasteiger partial charge < -0.3 is 5.32 Å². The summed E-state index contributed by atoms with van der Waals surface area (Å²) in [5.74, 6) is 0. The summed E-state index contributed by atoms with van der Waals surface area (Å²) < 4.78 is 0. The Bertz CT molecular complexity index is 408. The average Bonchev–Trinajstić information content (AvgIpc) is 2.38. The molecule has 18 heavy (non-hydrogen) atoms. The van der Waals surface area contributed by atoms with Crippen molar-refractivity contribution in [1.82, 2.24) is 0 Å². The number of anilines is 1. The number of benzene rings is 1. The molecular formula is C14H20N2O2. The van der Waals surface area contributed by atoms with E-state index in [2.05, 4.69) is 12.2 Å². The lowest BCUT2D eigenvalue weighted by atomic mass is 9.76. The molecule has 0 saturated heterocycles. The maximum Gasteiger partial charge on any atom is 0.269 e. The van der Waals surface area contributed by atoms with Gasteiger partial charge in [0, 0.05) is 24.4 Å². The number of hydrogen-bond donors (Lipinski definition) is 1. The Morgan fingerprint density at radius 3 is 2.39 bits per heavy atom. The van der Waals surface area contributed by atoms with Crippen molar-refractivity contribution in [2.45, 2.75) is 39.0 Å². The average molecular weight is 248 g/mol. The first kappa shape index (κ1) is 12.9. The highest BCUT2D eigenvalue weighted by atomic mass is 16.6. The van der Waals surface area contributed by atoms with Crippen LogP contribution in [0.15, 0.2) is 24.3 Å². The highest BCUT2D eigenvalue weighted by Crippen LogP contribution is 2.35. The van der Waals surface area contributed by atoms with E-state index in [-0.39, 0.29) is 10.6 Å². The Morgan fingerprint density at radius 1 is 1.22 bits per heavy atom. The molecule has 0 aromatic heterocycles. The van der Waals surface area contributed by atoms with Gasteiger partial charge in [0.25, 0.3) is 5.69 Å². The summed E-state index contributed by atoms with van der Waals surface area (Å²) in [6, 6.07) is 6.66. The second kappa shape index (κ2) is 5.38. The van der Waals surface area contributed by atoms with Crippen LogP contribution in [0, 0.1) is 15.5 Å². The third-order valence-electron chi connectivity index (χ3n) is 3.86. The number of nitrogens with zero attached hydrogens (tertiary/aromatic N) is 1. The molecule has 0 radical (unpaired) electrons. The van der Waals surface area contributed by atoms with E-state index < -0.39 is 0 Å². The summed E-state index contributed by atoms with van der Waals surface area (Å²) in [7, 11) is 0. The van der Waals surface area contributed by atoms with Crippen molar-refractivity contribution in [3.8, 4) is 0 Å². The molecule has 1 aromatic carbocycles. The predicted octanol–water partition coefficient (Wildman–Crippen LogP) is 3.98. The van der Waals surface area contributed by atoms with Gasteiger partial charge in [-0.05, 0) is 30.4 Å². The molecule has 0 unspecified atom stereocenters. The van der Waals surface area contributed by atoms with Gasteiger partial charge in [-0.2, -0.15) is 0 Å². The van der Waals surface area contributed by atoms with E-state index in [0.29, 0.717) is 5.41 Å². The molecule has 0 amide bonds. The lowest BCUT2D eigenvalue weighted by molar-refractivity contribution is -0.384. The van der Waals surface area contributed by atoms with Crippen molar-refractivity contribution in [3.05, 3.63) is 34.4 Å². The molecule has 1 N–H and O–H groups in total. The fourth-order valence-corrected chi connectivity index (χ4v) is 2.60. The Hall–Kier alpha value is -1.58. The molecule has 0 atom stereocenters. The quantitative estimate of drug-likeness (QED) is 0.647. The topological polar surface area (TPSA) is 55.2 Å². The summed E-state index contributed by atoms with van der Waals surface area (Å²) >= 11 is 0. The van der Waals surface area contributed by atoms with E-state index >= 15 is 0 Å². The van der Waals surface area contributed by atoms with Crippen LogP contribution in [0.25, 0.3) is 0 Å². The van der Waals surface area contributed by atoms with E-state index in [1.165, 1.54) is 32.1 Å². The zero-order chi connectivity index (χ0) is 13.0. The van der Waals surface area contributed by atoms with Gasteiger partial charge in [-0.1, -0.05) is 26.2 Å². The maximum absolute atomic E-state index is 10.6. The van der Waals surface area contributed by atoms with Crippen molar-refractivity contribution in [2.24, 2.45) is 5.41 Å². The molecule has 0 bridgehead atoms. The van der Waals surface area contributed by atoms with Crippen molar-refractivity contribution >= 4 is 11.4 Å². The summed E-state index contributed by atoms with van der Waals surface area (Å²) in [4.78, 5) is 10.2. The first-order valence-corrected chi connectivity index (χ1v) is 6.57. The van der Waals surface area contributed by atoms with E-state index in [1.54, 1.807) is 24.3 Å². The lowest BCUT2D eigenvalue weighted by Gasteiger charge is -2.34. The zero-order valence-corrected chi connectivity index (χ0v) is 10.8. The third-order valence-corrected chi connectivity index (χ3v) is 3.86. The van der Waals surface area contributed by atoms with E-state index in [1.807, 2.05) is 0 Å². The van der Waals surface area contributed by atoms with E-state index in [4.69, 9.17) is 0 Å². The van der Waals surface area contributed by atoms with Crippen LogP contribution in [0.3, 0.4) is 0 Å². The first-order chi connectivity index (χ1) is 8.59.